The Bertz CT molecular complexity index is 666. The Morgan fingerprint density at radius 2 is 2.00 bits per heavy atom. The minimum Gasteiger partial charge on any atom is -0.206 e. The molecule has 1 N–H and O–H groups in total. The lowest BCUT2D eigenvalue weighted by molar-refractivity contribution is 0.552. The summed E-state index contributed by atoms with van der Waals surface area (Å²) in [5, 5.41) is 0.406. The van der Waals surface area contributed by atoms with Crippen LogP contribution in [0, 0.1) is 0 Å². The van der Waals surface area contributed by atoms with Gasteiger partial charge in [0.15, 0.2) is 0 Å². The van der Waals surface area contributed by atoms with E-state index in [0.717, 1.165) is 16.9 Å². The van der Waals surface area contributed by atoms with Gasteiger partial charge in [-0.05, 0) is 34.0 Å². The van der Waals surface area contributed by atoms with Crippen molar-refractivity contribution in [2.75, 3.05) is 0 Å². The highest BCUT2D eigenvalue weighted by Crippen LogP contribution is 2.35. The molecule has 7 heteroatoms. The van der Waals surface area contributed by atoms with E-state index >= 15 is 0 Å². The normalized spacial score (nSPS) is 13.3. The van der Waals surface area contributed by atoms with Crippen LogP contribution in [-0.4, -0.2) is 8.42 Å². The Morgan fingerprint density at radius 1 is 1.35 bits per heavy atom. The van der Waals surface area contributed by atoms with Gasteiger partial charge in [0.25, 0.3) is 10.0 Å². The number of hydrogen-bond acceptors (Lipinski definition) is 3. The van der Waals surface area contributed by atoms with Crippen LogP contribution in [0.1, 0.15) is 24.9 Å². The van der Waals surface area contributed by atoms with E-state index in [2.05, 4.69) is 20.7 Å². The summed E-state index contributed by atoms with van der Waals surface area (Å²) in [6, 6.07) is 10.7. The highest BCUT2D eigenvalue weighted by atomic mass is 79.9. The molecule has 0 fully saturated rings. The molecule has 20 heavy (non-hydrogen) atoms. The lowest BCUT2D eigenvalue weighted by Crippen LogP contribution is -2.27. The Hall–Kier alpha value is -0.400. The number of benzene rings is 1. The summed E-state index contributed by atoms with van der Waals surface area (Å²) >= 11 is 10.2. The molecule has 1 atom stereocenters. The fraction of sp³-hybridized carbons (Fsp3) is 0.231. The minimum atomic E-state index is -3.57. The third kappa shape index (κ3) is 3.62. The molecule has 0 radical (unpaired) electrons. The lowest BCUT2D eigenvalue weighted by Gasteiger charge is -2.16. The molecule has 0 aliphatic rings. The van der Waals surface area contributed by atoms with Gasteiger partial charge in [-0.2, -0.15) is 0 Å². The van der Waals surface area contributed by atoms with Crippen LogP contribution in [0.5, 0.6) is 0 Å². The average molecular weight is 395 g/mol. The van der Waals surface area contributed by atoms with Gasteiger partial charge in [-0.3, -0.25) is 0 Å². The van der Waals surface area contributed by atoms with Crippen molar-refractivity contribution in [1.29, 1.82) is 0 Å². The molecular weight excluding hydrogens is 382 g/mol. The molecule has 0 saturated carbocycles. The molecule has 3 nitrogen and oxygen atoms in total. The number of thiophene rings is 1. The SMILES string of the molecule is CCC(NS(=O)(=O)c1cc(Cl)c(Br)s1)c1ccccc1. The van der Waals surface area contributed by atoms with Crippen LogP contribution in [0.25, 0.3) is 0 Å². The van der Waals surface area contributed by atoms with Crippen LogP contribution in [0.2, 0.25) is 5.02 Å². The molecule has 0 bridgehead atoms. The fourth-order valence-corrected chi connectivity index (χ4v) is 5.50. The van der Waals surface area contributed by atoms with E-state index in [1.165, 1.54) is 6.07 Å². The van der Waals surface area contributed by atoms with E-state index in [1.54, 1.807) is 0 Å². The quantitative estimate of drug-likeness (QED) is 0.806. The van der Waals surface area contributed by atoms with Gasteiger partial charge in [-0.1, -0.05) is 48.9 Å². The van der Waals surface area contributed by atoms with Gasteiger partial charge >= 0.3 is 0 Å². The Labute approximate surface area is 136 Å². The second-order valence-corrected chi connectivity index (χ2v) is 8.90. The van der Waals surface area contributed by atoms with Gasteiger partial charge in [-0.25, -0.2) is 13.1 Å². The number of halogens is 2. The third-order valence-electron chi connectivity index (χ3n) is 2.80. The smallest absolute Gasteiger partial charge is 0.206 e. The van der Waals surface area contributed by atoms with Crippen molar-refractivity contribution >= 4 is 48.9 Å². The Balaban J connectivity index is 2.27. The average Bonchev–Trinajstić information content (AvgIpc) is 2.78. The van der Waals surface area contributed by atoms with E-state index in [4.69, 9.17) is 11.6 Å². The zero-order valence-corrected chi connectivity index (χ0v) is 14.6. The van der Waals surface area contributed by atoms with Gasteiger partial charge in [0.1, 0.15) is 4.21 Å². The first-order valence-electron chi connectivity index (χ1n) is 5.96. The summed E-state index contributed by atoms with van der Waals surface area (Å²) in [5.41, 5.74) is 0.945. The molecule has 0 aliphatic carbocycles. The molecule has 1 aromatic heterocycles. The highest BCUT2D eigenvalue weighted by molar-refractivity contribution is 9.11. The first-order valence-corrected chi connectivity index (χ1v) is 9.43. The topological polar surface area (TPSA) is 46.2 Å². The van der Waals surface area contributed by atoms with Crippen molar-refractivity contribution in [1.82, 2.24) is 4.72 Å². The van der Waals surface area contributed by atoms with Gasteiger partial charge in [0.2, 0.25) is 0 Å². The highest BCUT2D eigenvalue weighted by Gasteiger charge is 2.23. The van der Waals surface area contributed by atoms with Crippen LogP contribution in [-0.2, 0) is 10.0 Å². The third-order valence-corrected chi connectivity index (χ3v) is 7.21. The Kier molecular flexibility index (Phi) is 5.25. The van der Waals surface area contributed by atoms with Gasteiger partial charge in [0.05, 0.1) is 8.81 Å². The van der Waals surface area contributed by atoms with Crippen LogP contribution in [0.3, 0.4) is 0 Å². The van der Waals surface area contributed by atoms with E-state index in [0.29, 0.717) is 15.2 Å². The summed E-state index contributed by atoms with van der Waals surface area (Å²) in [5.74, 6) is 0. The molecule has 1 heterocycles. The first kappa shape index (κ1) is 16.0. The molecule has 1 aromatic carbocycles. The summed E-state index contributed by atoms with van der Waals surface area (Å²) in [6.07, 6.45) is 0.670. The van der Waals surface area contributed by atoms with Gasteiger partial charge in [-0.15, -0.1) is 11.3 Å². The number of sulfonamides is 1. The number of hydrogen-bond donors (Lipinski definition) is 1. The molecule has 108 valence electrons. The predicted octanol–water partition coefficient (Wildman–Crippen LogP) is 4.59. The maximum atomic E-state index is 12.4. The van der Waals surface area contributed by atoms with Crippen LogP contribution in [0.15, 0.2) is 44.4 Å². The molecular formula is C13H13BrClNO2S2. The minimum absolute atomic E-state index is 0.212. The van der Waals surface area contributed by atoms with Crippen LogP contribution >= 0.6 is 38.9 Å². The van der Waals surface area contributed by atoms with Crippen LogP contribution < -0.4 is 4.72 Å². The summed E-state index contributed by atoms with van der Waals surface area (Å²) in [4.78, 5) is 0. The van der Waals surface area contributed by atoms with Crippen molar-refractivity contribution in [2.45, 2.75) is 23.6 Å². The molecule has 1 unspecified atom stereocenters. The summed E-state index contributed by atoms with van der Waals surface area (Å²) in [7, 11) is -3.57. The first-order chi connectivity index (χ1) is 9.44. The van der Waals surface area contributed by atoms with E-state index in [-0.39, 0.29) is 10.3 Å². The second kappa shape index (κ2) is 6.58. The molecule has 2 aromatic rings. The van der Waals surface area contributed by atoms with E-state index < -0.39 is 10.0 Å². The zero-order valence-electron chi connectivity index (χ0n) is 10.6. The lowest BCUT2D eigenvalue weighted by atomic mass is 10.1. The fourth-order valence-electron chi connectivity index (χ4n) is 1.78. The molecule has 0 aliphatic heterocycles. The zero-order chi connectivity index (χ0) is 14.8. The molecule has 0 amide bonds. The van der Waals surface area contributed by atoms with Crippen molar-refractivity contribution < 1.29 is 8.42 Å². The largest absolute Gasteiger partial charge is 0.250 e. The number of rotatable bonds is 5. The van der Waals surface area contributed by atoms with Crippen molar-refractivity contribution in [3.8, 4) is 0 Å². The molecule has 2 rings (SSSR count). The van der Waals surface area contributed by atoms with Crippen LogP contribution in [0.4, 0.5) is 0 Å². The van der Waals surface area contributed by atoms with E-state index in [9.17, 15) is 8.42 Å². The van der Waals surface area contributed by atoms with Crippen molar-refractivity contribution in [2.24, 2.45) is 0 Å². The predicted molar refractivity (Wildman–Crippen MR) is 86.8 cm³/mol. The monoisotopic (exact) mass is 393 g/mol. The summed E-state index contributed by atoms with van der Waals surface area (Å²) < 4.78 is 28.3. The van der Waals surface area contributed by atoms with Gasteiger partial charge < -0.3 is 0 Å². The van der Waals surface area contributed by atoms with Crippen molar-refractivity contribution in [3.05, 3.63) is 50.8 Å². The number of nitrogens with one attached hydrogen (secondary N) is 1. The van der Waals surface area contributed by atoms with E-state index in [1.807, 2.05) is 37.3 Å². The van der Waals surface area contributed by atoms with Gasteiger partial charge in [0, 0.05) is 6.04 Å². The molecule has 0 spiro atoms. The second-order valence-electron chi connectivity index (χ2n) is 4.18. The molecule has 0 saturated heterocycles. The maximum absolute atomic E-state index is 12.4. The summed E-state index contributed by atoms with van der Waals surface area (Å²) in [6.45, 7) is 1.94. The van der Waals surface area contributed by atoms with Crippen molar-refractivity contribution in [3.63, 3.8) is 0 Å². The Morgan fingerprint density at radius 3 is 2.50 bits per heavy atom. The maximum Gasteiger partial charge on any atom is 0.250 e. The standard InChI is InChI=1S/C13H13BrClNO2S2/c1-2-11(9-6-4-3-5-7-9)16-20(17,18)12-8-10(15)13(14)19-12/h3-8,11,16H,2H2,1H3.